The fraction of sp³-hybridized carbons (Fsp3) is 0.560. The number of aryl methyl sites for hydroxylation is 2. The summed E-state index contributed by atoms with van der Waals surface area (Å²) in [5.41, 5.74) is 4.69. The number of fused-ring (bicyclic) bond motifs is 3. The van der Waals surface area contributed by atoms with Gasteiger partial charge >= 0.3 is 5.97 Å². The van der Waals surface area contributed by atoms with E-state index in [9.17, 15) is 9.59 Å². The van der Waals surface area contributed by atoms with Gasteiger partial charge in [-0.3, -0.25) is 4.79 Å². The van der Waals surface area contributed by atoms with Crippen LogP contribution in [0.4, 0.5) is 0 Å². The minimum Gasteiger partial charge on any atom is -0.456 e. The normalized spacial score (nSPS) is 27.2. The van der Waals surface area contributed by atoms with Gasteiger partial charge < -0.3 is 15.0 Å². The zero-order valence-corrected chi connectivity index (χ0v) is 19.7. The Morgan fingerprint density at radius 1 is 1.18 bits per heavy atom. The van der Waals surface area contributed by atoms with Crippen LogP contribution in [0.3, 0.4) is 0 Å². The second-order valence-corrected chi connectivity index (χ2v) is 10.2. The molecule has 1 saturated heterocycles. The van der Waals surface area contributed by atoms with E-state index in [2.05, 4.69) is 46.0 Å². The van der Waals surface area contributed by atoms with Gasteiger partial charge in [-0.2, -0.15) is 4.68 Å². The molecule has 1 spiro atoms. The van der Waals surface area contributed by atoms with Crippen LogP contribution in [-0.4, -0.2) is 56.2 Å². The van der Waals surface area contributed by atoms with Crippen LogP contribution in [0.2, 0.25) is 0 Å². The first kappa shape index (κ1) is 21.5. The van der Waals surface area contributed by atoms with E-state index in [1.165, 1.54) is 11.1 Å². The summed E-state index contributed by atoms with van der Waals surface area (Å²) < 4.78 is 6.98. The highest BCUT2D eigenvalue weighted by Gasteiger charge is 2.50. The molecule has 1 saturated carbocycles. The number of nitrogens with one attached hydrogen (secondary N) is 1. The lowest BCUT2D eigenvalue weighted by atomic mass is 9.71. The molecule has 1 atom stereocenters. The van der Waals surface area contributed by atoms with Gasteiger partial charge in [0, 0.05) is 25.0 Å². The number of ether oxygens (including phenoxy) is 1. The lowest BCUT2D eigenvalue weighted by Crippen LogP contribution is -2.42. The molecule has 6 rings (SSSR count). The predicted molar refractivity (Wildman–Crippen MR) is 123 cm³/mol. The smallest absolute Gasteiger partial charge is 0.336 e. The highest BCUT2D eigenvalue weighted by Crippen LogP contribution is 2.46. The number of carbonyl (C=O) groups is 2. The largest absolute Gasteiger partial charge is 0.456 e. The van der Waals surface area contributed by atoms with Gasteiger partial charge in [-0.1, -0.05) is 12.1 Å². The molecule has 2 fully saturated rings. The Hall–Kier alpha value is -3.07. The molecule has 178 valence electrons. The van der Waals surface area contributed by atoms with Crippen molar-refractivity contribution >= 4 is 11.9 Å². The van der Waals surface area contributed by atoms with E-state index in [-0.39, 0.29) is 29.9 Å². The monoisotopic (exact) mass is 462 g/mol. The molecule has 0 bridgehead atoms. The fourth-order valence-electron chi connectivity index (χ4n) is 6.15. The summed E-state index contributed by atoms with van der Waals surface area (Å²) in [5.74, 6) is 0.801. The summed E-state index contributed by atoms with van der Waals surface area (Å²) in [6.07, 6.45) is 6.42. The molecule has 1 amide bonds. The lowest BCUT2D eigenvalue weighted by Gasteiger charge is -2.37. The van der Waals surface area contributed by atoms with E-state index in [4.69, 9.17) is 4.74 Å². The van der Waals surface area contributed by atoms with Crippen LogP contribution in [-0.2, 0) is 27.2 Å². The summed E-state index contributed by atoms with van der Waals surface area (Å²) in [5, 5.41) is 15.8. The van der Waals surface area contributed by atoms with E-state index in [1.54, 1.807) is 6.92 Å². The van der Waals surface area contributed by atoms with Crippen LogP contribution in [0.5, 0.6) is 0 Å². The van der Waals surface area contributed by atoms with Crippen molar-refractivity contribution in [1.82, 2.24) is 30.4 Å². The summed E-state index contributed by atoms with van der Waals surface area (Å²) in [7, 11) is 0. The predicted octanol–water partition coefficient (Wildman–Crippen LogP) is 2.40. The topological polar surface area (TPSA) is 102 Å². The second-order valence-electron chi connectivity index (χ2n) is 10.2. The molecule has 0 unspecified atom stereocenters. The number of nitrogens with zero attached hydrogens (tertiary/aromatic N) is 5. The maximum Gasteiger partial charge on any atom is 0.336 e. The van der Waals surface area contributed by atoms with E-state index in [0.717, 1.165) is 62.2 Å². The maximum absolute atomic E-state index is 13.4. The van der Waals surface area contributed by atoms with Crippen LogP contribution in [0.25, 0.3) is 5.69 Å². The number of amides is 1. The summed E-state index contributed by atoms with van der Waals surface area (Å²) in [6, 6.07) is 7.18. The molecule has 34 heavy (non-hydrogen) atoms. The Balaban J connectivity index is 1.09. The Bertz CT molecular complexity index is 1190. The molecule has 2 aromatic rings. The van der Waals surface area contributed by atoms with Crippen molar-refractivity contribution in [2.45, 2.75) is 70.9 Å². The lowest BCUT2D eigenvalue weighted by molar-refractivity contribution is -0.138. The van der Waals surface area contributed by atoms with E-state index < -0.39 is 0 Å². The zero-order chi connectivity index (χ0) is 23.4. The first-order valence-electron chi connectivity index (χ1n) is 12.3. The molecule has 3 aliphatic heterocycles. The van der Waals surface area contributed by atoms with Crippen LogP contribution < -0.4 is 5.32 Å². The van der Waals surface area contributed by atoms with Crippen molar-refractivity contribution in [3.8, 4) is 5.69 Å². The molecule has 0 radical (unpaired) electrons. The third-order valence-electron chi connectivity index (χ3n) is 8.33. The standard InChI is InChI=1S/C25H30N6O3/c1-15-21(14-34-23(15)32)30-12-11-25(24(30)33)9-7-19(8-10-25)26-16(2)17-3-5-20-18(13-17)4-6-22-27-28-29-31(20)22/h3,5,13,16,19,26H,4,6-12,14H2,1-2H3/t16-,19-,25-/m0/s1. The molecule has 1 aliphatic carbocycles. The molecule has 1 aromatic carbocycles. The number of rotatable bonds is 4. The Labute approximate surface area is 198 Å². The van der Waals surface area contributed by atoms with Crippen molar-refractivity contribution in [2.75, 3.05) is 13.2 Å². The van der Waals surface area contributed by atoms with Crippen molar-refractivity contribution in [1.29, 1.82) is 0 Å². The molecule has 9 nitrogen and oxygen atoms in total. The summed E-state index contributed by atoms with van der Waals surface area (Å²) in [4.78, 5) is 26.9. The van der Waals surface area contributed by atoms with Crippen LogP contribution >= 0.6 is 0 Å². The van der Waals surface area contributed by atoms with Crippen molar-refractivity contribution in [2.24, 2.45) is 5.41 Å². The Morgan fingerprint density at radius 2 is 2.00 bits per heavy atom. The van der Waals surface area contributed by atoms with Gasteiger partial charge in [0.05, 0.1) is 22.4 Å². The van der Waals surface area contributed by atoms with Crippen molar-refractivity contribution in [3.05, 3.63) is 46.4 Å². The quantitative estimate of drug-likeness (QED) is 0.696. The van der Waals surface area contributed by atoms with E-state index in [1.807, 2.05) is 9.58 Å². The average Bonchev–Trinajstić information content (AvgIpc) is 3.54. The first-order chi connectivity index (χ1) is 16.4. The Kier molecular flexibility index (Phi) is 5.05. The van der Waals surface area contributed by atoms with Crippen LogP contribution in [0.1, 0.15) is 68.9 Å². The molecule has 4 aliphatic rings. The van der Waals surface area contributed by atoms with Gasteiger partial charge in [0.15, 0.2) is 5.82 Å². The number of hydrogen-bond acceptors (Lipinski definition) is 7. The SMILES string of the molecule is CC1=C(N2CC[C@]3(CC[C@@H](N[C@@H](C)c4ccc5c(c4)CCc4nnnn4-5)CC3)C2=O)COC1=O. The minimum absolute atomic E-state index is 0.184. The first-order valence-corrected chi connectivity index (χ1v) is 12.3. The second kappa shape index (κ2) is 8.01. The van der Waals surface area contributed by atoms with Gasteiger partial charge in [-0.25, -0.2) is 4.79 Å². The average molecular weight is 463 g/mol. The summed E-state index contributed by atoms with van der Waals surface area (Å²) >= 11 is 0. The maximum atomic E-state index is 13.4. The highest BCUT2D eigenvalue weighted by molar-refractivity contribution is 5.94. The zero-order valence-electron chi connectivity index (χ0n) is 19.7. The van der Waals surface area contributed by atoms with Gasteiger partial charge in [-0.05, 0) is 80.0 Å². The van der Waals surface area contributed by atoms with Gasteiger partial charge in [0.25, 0.3) is 0 Å². The summed E-state index contributed by atoms with van der Waals surface area (Å²) in [6.45, 7) is 4.89. The number of cyclic esters (lactones) is 1. The third kappa shape index (κ3) is 3.36. The number of aromatic nitrogens is 4. The molecule has 1 aromatic heterocycles. The number of tetrazole rings is 1. The van der Waals surface area contributed by atoms with Crippen molar-refractivity contribution < 1.29 is 14.3 Å². The molecular formula is C25H30N6O3. The van der Waals surface area contributed by atoms with Crippen LogP contribution in [0.15, 0.2) is 29.5 Å². The highest BCUT2D eigenvalue weighted by atomic mass is 16.5. The number of benzene rings is 1. The fourth-order valence-corrected chi connectivity index (χ4v) is 6.15. The van der Waals surface area contributed by atoms with E-state index in [0.29, 0.717) is 18.2 Å². The number of carbonyl (C=O) groups excluding carboxylic acids is 2. The molecule has 9 heteroatoms. The van der Waals surface area contributed by atoms with Crippen molar-refractivity contribution in [3.63, 3.8) is 0 Å². The van der Waals surface area contributed by atoms with Gasteiger partial charge in [0.2, 0.25) is 5.91 Å². The molecule has 4 heterocycles. The number of hydrogen-bond donors (Lipinski definition) is 1. The third-order valence-corrected chi connectivity index (χ3v) is 8.33. The number of esters is 1. The Morgan fingerprint density at radius 3 is 2.76 bits per heavy atom. The number of likely N-dealkylation sites (tertiary alicyclic amines) is 1. The van der Waals surface area contributed by atoms with Crippen LogP contribution in [0, 0.1) is 5.41 Å². The van der Waals surface area contributed by atoms with Gasteiger partial charge in [0.1, 0.15) is 6.61 Å². The molecular weight excluding hydrogens is 432 g/mol. The minimum atomic E-state index is -0.300. The van der Waals surface area contributed by atoms with Gasteiger partial charge in [-0.15, -0.1) is 5.10 Å². The molecule has 1 N–H and O–H groups in total. The van der Waals surface area contributed by atoms with E-state index >= 15 is 0 Å².